The van der Waals surface area contributed by atoms with E-state index in [1.165, 1.54) is 0 Å². The number of amides is 1. The summed E-state index contributed by atoms with van der Waals surface area (Å²) in [6.07, 6.45) is 7.63. The molecular formula is C27H33NO5. The van der Waals surface area contributed by atoms with Crippen LogP contribution in [-0.4, -0.2) is 39.6 Å². The number of hydrogen-bond acceptors (Lipinski definition) is 4. The van der Waals surface area contributed by atoms with Gasteiger partial charge in [-0.25, -0.2) is 0 Å². The highest BCUT2D eigenvalue weighted by Gasteiger charge is 2.28. The summed E-state index contributed by atoms with van der Waals surface area (Å²) in [4.78, 5) is 24.7. The van der Waals surface area contributed by atoms with Crippen LogP contribution < -0.4 is 4.74 Å². The molecule has 3 rings (SSSR count). The van der Waals surface area contributed by atoms with E-state index in [1.807, 2.05) is 66.4 Å². The van der Waals surface area contributed by atoms with Gasteiger partial charge in [-0.2, -0.15) is 0 Å². The van der Waals surface area contributed by atoms with E-state index in [4.69, 9.17) is 9.84 Å². The van der Waals surface area contributed by atoms with Crippen LogP contribution in [0.2, 0.25) is 0 Å². The van der Waals surface area contributed by atoms with Crippen LogP contribution in [0.25, 0.3) is 0 Å². The lowest BCUT2D eigenvalue weighted by molar-refractivity contribution is -0.137. The van der Waals surface area contributed by atoms with E-state index in [-0.39, 0.29) is 18.4 Å². The van der Waals surface area contributed by atoms with E-state index in [0.717, 1.165) is 42.6 Å². The molecule has 1 amide bonds. The van der Waals surface area contributed by atoms with Crippen LogP contribution in [0.1, 0.15) is 62.2 Å². The van der Waals surface area contributed by atoms with Crippen LogP contribution in [-0.2, 0) is 9.59 Å². The fourth-order valence-electron chi connectivity index (χ4n) is 4.06. The molecule has 1 aliphatic heterocycles. The second-order valence-electron chi connectivity index (χ2n) is 8.52. The predicted octanol–water partition coefficient (Wildman–Crippen LogP) is 5.40. The number of carbonyl (C=O) groups excluding carboxylic acids is 1. The van der Waals surface area contributed by atoms with Crippen molar-refractivity contribution in [2.24, 2.45) is 0 Å². The smallest absolute Gasteiger partial charge is 0.303 e. The van der Waals surface area contributed by atoms with Crippen molar-refractivity contribution < 1.29 is 24.5 Å². The summed E-state index contributed by atoms with van der Waals surface area (Å²) >= 11 is 0. The number of hydrogen-bond donors (Lipinski definition) is 2. The fraction of sp³-hybridized carbons (Fsp3) is 0.407. The topological polar surface area (TPSA) is 87.1 Å². The molecule has 0 radical (unpaired) electrons. The van der Waals surface area contributed by atoms with Gasteiger partial charge in [-0.05, 0) is 55.5 Å². The lowest BCUT2D eigenvalue weighted by atomic mass is 10.1. The third-order valence-corrected chi connectivity index (χ3v) is 5.95. The number of aliphatic hydroxyl groups excluding tert-OH is 1. The standard InChI is InChI=1S/C27H33NO5/c1-20-9-5-6-12-25(20)33-23-11-8-10-21(19-23)24(29)16-14-22-15-17-26(30)28(22)18-7-3-2-4-13-27(31)32/h5-6,8-12,14,16,19,22,24,29H,2-4,7,13,15,17-18H2,1H3,(H,31,32)/t22?,24-/m1/s1. The number of unbranched alkanes of at least 4 members (excludes halogenated alkanes) is 3. The Morgan fingerprint density at radius 1 is 1.15 bits per heavy atom. The summed E-state index contributed by atoms with van der Waals surface area (Å²) < 4.78 is 5.97. The number of aliphatic hydroxyl groups is 1. The van der Waals surface area contributed by atoms with Gasteiger partial charge in [0.2, 0.25) is 5.91 Å². The Kier molecular flexibility index (Phi) is 9.07. The molecule has 0 bridgehead atoms. The van der Waals surface area contributed by atoms with E-state index in [2.05, 4.69) is 0 Å². The molecular weight excluding hydrogens is 418 g/mol. The Morgan fingerprint density at radius 2 is 1.94 bits per heavy atom. The highest BCUT2D eigenvalue weighted by Crippen LogP contribution is 2.28. The minimum absolute atomic E-state index is 0.0161. The van der Waals surface area contributed by atoms with Gasteiger partial charge in [0.1, 0.15) is 11.5 Å². The van der Waals surface area contributed by atoms with Crippen LogP contribution >= 0.6 is 0 Å². The zero-order valence-electron chi connectivity index (χ0n) is 19.2. The number of aliphatic carboxylic acids is 1. The first-order valence-corrected chi connectivity index (χ1v) is 11.6. The lowest BCUT2D eigenvalue weighted by Gasteiger charge is -2.22. The van der Waals surface area contributed by atoms with Gasteiger partial charge in [0, 0.05) is 19.4 Å². The number of para-hydroxylation sites is 1. The molecule has 2 aromatic rings. The third-order valence-electron chi connectivity index (χ3n) is 5.95. The van der Waals surface area contributed by atoms with Crippen LogP contribution in [0.5, 0.6) is 11.5 Å². The molecule has 0 saturated carbocycles. The van der Waals surface area contributed by atoms with Crippen LogP contribution in [0.4, 0.5) is 0 Å². The molecule has 1 saturated heterocycles. The molecule has 2 N–H and O–H groups in total. The molecule has 1 unspecified atom stereocenters. The zero-order chi connectivity index (χ0) is 23.6. The number of carbonyl (C=O) groups is 2. The van der Waals surface area contributed by atoms with Crippen LogP contribution in [0.15, 0.2) is 60.7 Å². The molecule has 0 aromatic heterocycles. The summed E-state index contributed by atoms with van der Waals surface area (Å²) in [6, 6.07) is 15.2. The van der Waals surface area contributed by atoms with E-state index in [0.29, 0.717) is 25.1 Å². The van der Waals surface area contributed by atoms with E-state index in [1.54, 1.807) is 6.08 Å². The molecule has 176 valence electrons. The van der Waals surface area contributed by atoms with Gasteiger partial charge < -0.3 is 19.8 Å². The van der Waals surface area contributed by atoms with E-state index in [9.17, 15) is 14.7 Å². The van der Waals surface area contributed by atoms with Crippen molar-refractivity contribution in [3.05, 3.63) is 71.8 Å². The number of carboxylic acids is 1. The van der Waals surface area contributed by atoms with Crippen LogP contribution in [0, 0.1) is 6.92 Å². The average Bonchev–Trinajstić information content (AvgIpc) is 3.15. The highest BCUT2D eigenvalue weighted by atomic mass is 16.5. The maximum absolute atomic E-state index is 12.3. The molecule has 1 fully saturated rings. The van der Waals surface area contributed by atoms with Crippen molar-refractivity contribution >= 4 is 11.9 Å². The molecule has 2 atom stereocenters. The number of nitrogens with zero attached hydrogens (tertiary/aromatic N) is 1. The zero-order valence-corrected chi connectivity index (χ0v) is 19.2. The molecule has 1 heterocycles. The largest absolute Gasteiger partial charge is 0.481 e. The first kappa shape index (κ1) is 24.5. The number of carboxylic acid groups (broad SMARTS) is 1. The van der Waals surface area contributed by atoms with E-state index < -0.39 is 12.1 Å². The van der Waals surface area contributed by atoms with Crippen molar-refractivity contribution in [2.75, 3.05) is 6.54 Å². The summed E-state index contributed by atoms with van der Waals surface area (Å²) in [7, 11) is 0. The molecule has 6 heteroatoms. The number of ether oxygens (including phenoxy) is 1. The third kappa shape index (κ3) is 7.46. The first-order valence-electron chi connectivity index (χ1n) is 11.6. The van der Waals surface area contributed by atoms with Gasteiger partial charge in [0.05, 0.1) is 12.1 Å². The second kappa shape index (κ2) is 12.2. The lowest BCUT2D eigenvalue weighted by Crippen LogP contribution is -2.32. The number of likely N-dealkylation sites (tertiary alicyclic amines) is 1. The van der Waals surface area contributed by atoms with Gasteiger partial charge in [-0.1, -0.05) is 55.3 Å². The van der Waals surface area contributed by atoms with Crippen LogP contribution in [0.3, 0.4) is 0 Å². The summed E-state index contributed by atoms with van der Waals surface area (Å²) in [5, 5.41) is 19.4. The molecule has 33 heavy (non-hydrogen) atoms. The quantitative estimate of drug-likeness (QED) is 0.333. The normalized spacial score (nSPS) is 17.0. The maximum atomic E-state index is 12.3. The predicted molar refractivity (Wildman–Crippen MR) is 127 cm³/mol. The average molecular weight is 452 g/mol. The van der Waals surface area contributed by atoms with E-state index >= 15 is 0 Å². The van der Waals surface area contributed by atoms with Gasteiger partial charge in [-0.15, -0.1) is 0 Å². The second-order valence-corrected chi connectivity index (χ2v) is 8.52. The molecule has 0 spiro atoms. The number of aryl methyl sites for hydroxylation is 1. The van der Waals surface area contributed by atoms with Gasteiger partial charge in [0.25, 0.3) is 0 Å². The van der Waals surface area contributed by atoms with Gasteiger partial charge in [-0.3, -0.25) is 9.59 Å². The van der Waals surface area contributed by atoms with Gasteiger partial charge in [0.15, 0.2) is 0 Å². The van der Waals surface area contributed by atoms with Crippen molar-refractivity contribution in [1.82, 2.24) is 4.90 Å². The maximum Gasteiger partial charge on any atom is 0.303 e. The molecule has 1 aliphatic rings. The number of rotatable bonds is 12. The first-order chi connectivity index (χ1) is 15.9. The summed E-state index contributed by atoms with van der Waals surface area (Å²) in [5.41, 5.74) is 1.77. The minimum atomic E-state index is -0.793. The van der Waals surface area contributed by atoms with Crippen molar-refractivity contribution in [2.45, 2.75) is 64.0 Å². The Morgan fingerprint density at radius 3 is 2.73 bits per heavy atom. The van der Waals surface area contributed by atoms with Crippen molar-refractivity contribution in [3.8, 4) is 11.5 Å². The Bertz CT molecular complexity index is 970. The minimum Gasteiger partial charge on any atom is -0.481 e. The number of benzene rings is 2. The highest BCUT2D eigenvalue weighted by molar-refractivity contribution is 5.79. The van der Waals surface area contributed by atoms with Crippen molar-refractivity contribution in [3.63, 3.8) is 0 Å². The summed E-state index contributed by atoms with van der Waals surface area (Å²) in [5.74, 6) is 0.816. The SMILES string of the molecule is Cc1ccccc1Oc1cccc([C@H](O)C=CC2CCC(=O)N2CCCCCCC(=O)O)c1. The molecule has 2 aromatic carbocycles. The Hall–Kier alpha value is -3.12. The Labute approximate surface area is 195 Å². The van der Waals surface area contributed by atoms with Gasteiger partial charge >= 0.3 is 5.97 Å². The summed E-state index contributed by atoms with van der Waals surface area (Å²) in [6.45, 7) is 2.65. The fourth-order valence-corrected chi connectivity index (χ4v) is 4.06. The molecule has 6 nitrogen and oxygen atoms in total. The van der Waals surface area contributed by atoms with Crippen molar-refractivity contribution in [1.29, 1.82) is 0 Å². The molecule has 0 aliphatic carbocycles. The Balaban J connectivity index is 1.54. The monoisotopic (exact) mass is 451 g/mol.